The van der Waals surface area contributed by atoms with Crippen molar-refractivity contribution in [1.29, 1.82) is 0 Å². The Bertz CT molecular complexity index is 687. The Hall–Kier alpha value is -1.32. The van der Waals surface area contributed by atoms with Gasteiger partial charge < -0.3 is 21.7 Å². The minimum Gasteiger partial charge on any atom is -1.00 e. The second-order valence-electron chi connectivity index (χ2n) is 5.93. The molecule has 0 amide bonds. The molecule has 1 aliphatic heterocycles. The molecule has 3 rings (SSSR count). The fourth-order valence-corrected chi connectivity index (χ4v) is 3.07. The number of fused-ring (bicyclic) bond motifs is 1. The van der Waals surface area contributed by atoms with Gasteiger partial charge in [0, 0.05) is 11.1 Å². The molecule has 0 unspecified atom stereocenters. The maximum absolute atomic E-state index is 12.3. The van der Waals surface area contributed by atoms with Gasteiger partial charge in [-0.15, -0.1) is 0 Å². The zero-order chi connectivity index (χ0) is 14.1. The number of hydrogen-bond donors (Lipinski definition) is 1. The van der Waals surface area contributed by atoms with Gasteiger partial charge in [0.1, 0.15) is 17.9 Å². The maximum Gasteiger partial charge on any atom is 0.195 e. The molecular formula is C17H22ClNO2. The first-order chi connectivity index (χ1) is 9.65. The van der Waals surface area contributed by atoms with Crippen LogP contribution in [0.5, 0.6) is 0 Å². The number of rotatable bonds is 2. The van der Waals surface area contributed by atoms with Crippen LogP contribution in [0.15, 0.2) is 27.4 Å². The molecule has 21 heavy (non-hydrogen) atoms. The summed E-state index contributed by atoms with van der Waals surface area (Å²) in [5.74, 6) is 0.719. The Morgan fingerprint density at radius 1 is 1.14 bits per heavy atom. The molecular weight excluding hydrogens is 286 g/mol. The van der Waals surface area contributed by atoms with Crippen molar-refractivity contribution in [3.05, 3.63) is 45.3 Å². The van der Waals surface area contributed by atoms with Crippen molar-refractivity contribution >= 4 is 11.0 Å². The van der Waals surface area contributed by atoms with Gasteiger partial charge in [0.25, 0.3) is 0 Å². The van der Waals surface area contributed by atoms with Crippen molar-refractivity contribution < 1.29 is 21.7 Å². The molecule has 0 aliphatic carbocycles. The SMILES string of the molecule is Cc1oc2ccc(C[NH+]3CCCCC3)cc2c(=O)c1C.[Cl-]. The standard InChI is InChI=1S/C17H21NO2.ClH/c1-12-13(2)20-16-7-6-14(10-15(16)17(12)19)11-18-8-4-3-5-9-18;/h6-7,10H,3-5,8-9,11H2,1-2H3;1H. The Morgan fingerprint density at radius 3 is 2.57 bits per heavy atom. The summed E-state index contributed by atoms with van der Waals surface area (Å²) in [6.07, 6.45) is 4.01. The van der Waals surface area contributed by atoms with Crippen LogP contribution in [0.4, 0.5) is 0 Å². The molecule has 1 saturated heterocycles. The molecule has 0 bridgehead atoms. The van der Waals surface area contributed by atoms with E-state index in [1.54, 1.807) is 4.90 Å². The molecule has 3 nitrogen and oxygen atoms in total. The van der Waals surface area contributed by atoms with Crippen LogP contribution < -0.4 is 22.7 Å². The summed E-state index contributed by atoms with van der Waals surface area (Å²) in [6, 6.07) is 6.07. The summed E-state index contributed by atoms with van der Waals surface area (Å²) < 4.78 is 5.71. The Morgan fingerprint density at radius 2 is 1.86 bits per heavy atom. The zero-order valence-electron chi connectivity index (χ0n) is 12.7. The number of aryl methyl sites for hydroxylation is 1. The third kappa shape index (κ3) is 3.30. The Kier molecular flexibility index (Phi) is 5.07. The highest BCUT2D eigenvalue weighted by Crippen LogP contribution is 2.16. The first kappa shape index (κ1) is 16.1. The van der Waals surface area contributed by atoms with Crippen LogP contribution in [-0.2, 0) is 6.54 Å². The van der Waals surface area contributed by atoms with E-state index in [-0.39, 0.29) is 17.8 Å². The van der Waals surface area contributed by atoms with Crippen LogP contribution >= 0.6 is 0 Å². The summed E-state index contributed by atoms with van der Waals surface area (Å²) >= 11 is 0. The predicted molar refractivity (Wildman–Crippen MR) is 80.2 cm³/mol. The monoisotopic (exact) mass is 307 g/mol. The van der Waals surface area contributed by atoms with Crippen LogP contribution in [0, 0.1) is 13.8 Å². The molecule has 4 heteroatoms. The third-order valence-corrected chi connectivity index (χ3v) is 4.44. The molecule has 2 aromatic rings. The molecule has 1 aliphatic rings. The van der Waals surface area contributed by atoms with Crippen LogP contribution in [0.2, 0.25) is 0 Å². The van der Waals surface area contributed by atoms with E-state index in [9.17, 15) is 4.79 Å². The quantitative estimate of drug-likeness (QED) is 0.771. The predicted octanol–water partition coefficient (Wildman–Crippen LogP) is -1.02. The highest BCUT2D eigenvalue weighted by molar-refractivity contribution is 5.78. The summed E-state index contributed by atoms with van der Waals surface area (Å²) in [6.45, 7) is 7.20. The number of quaternary nitrogens is 1. The van der Waals surface area contributed by atoms with Gasteiger partial charge in [-0.25, -0.2) is 0 Å². The summed E-state index contributed by atoms with van der Waals surface area (Å²) in [7, 11) is 0. The average molecular weight is 308 g/mol. The van der Waals surface area contributed by atoms with Crippen molar-refractivity contribution in [2.24, 2.45) is 0 Å². The fourth-order valence-electron chi connectivity index (χ4n) is 3.07. The zero-order valence-corrected chi connectivity index (χ0v) is 13.4. The van der Waals surface area contributed by atoms with Crippen molar-refractivity contribution in [3.63, 3.8) is 0 Å². The lowest BCUT2D eigenvalue weighted by molar-refractivity contribution is -0.918. The number of nitrogens with one attached hydrogen (secondary N) is 1. The van der Waals surface area contributed by atoms with Gasteiger partial charge >= 0.3 is 0 Å². The van der Waals surface area contributed by atoms with E-state index in [1.165, 1.54) is 37.9 Å². The van der Waals surface area contributed by atoms with E-state index < -0.39 is 0 Å². The number of hydrogen-bond acceptors (Lipinski definition) is 2. The smallest absolute Gasteiger partial charge is 0.195 e. The van der Waals surface area contributed by atoms with Gasteiger partial charge in [-0.3, -0.25) is 4.79 Å². The fraction of sp³-hybridized carbons (Fsp3) is 0.471. The second-order valence-corrected chi connectivity index (χ2v) is 5.93. The Balaban J connectivity index is 0.00000161. The number of piperidine rings is 1. The summed E-state index contributed by atoms with van der Waals surface area (Å²) in [4.78, 5) is 14.0. The first-order valence-corrected chi connectivity index (χ1v) is 7.51. The minimum absolute atomic E-state index is 0. The van der Waals surface area contributed by atoms with Gasteiger partial charge in [-0.2, -0.15) is 0 Å². The summed E-state index contributed by atoms with van der Waals surface area (Å²) in [5, 5.41) is 0.724. The largest absolute Gasteiger partial charge is 1.00 e. The van der Waals surface area contributed by atoms with E-state index in [0.29, 0.717) is 5.58 Å². The van der Waals surface area contributed by atoms with Crippen LogP contribution in [-0.4, -0.2) is 13.1 Å². The molecule has 1 N–H and O–H groups in total. The Labute approximate surface area is 131 Å². The van der Waals surface area contributed by atoms with Gasteiger partial charge in [0.15, 0.2) is 5.43 Å². The van der Waals surface area contributed by atoms with E-state index in [4.69, 9.17) is 4.42 Å². The van der Waals surface area contributed by atoms with Crippen LogP contribution in [0.1, 0.15) is 36.1 Å². The third-order valence-electron chi connectivity index (χ3n) is 4.44. The second kappa shape index (κ2) is 6.63. The van der Waals surface area contributed by atoms with E-state index >= 15 is 0 Å². The molecule has 1 fully saturated rings. The topological polar surface area (TPSA) is 34.7 Å². The molecule has 1 aromatic heterocycles. The average Bonchev–Trinajstić information content (AvgIpc) is 2.47. The van der Waals surface area contributed by atoms with Crippen LogP contribution in [0.25, 0.3) is 11.0 Å². The van der Waals surface area contributed by atoms with Crippen molar-refractivity contribution in [2.75, 3.05) is 13.1 Å². The minimum atomic E-state index is 0. The number of likely N-dealkylation sites (tertiary alicyclic amines) is 1. The molecule has 0 radical (unpaired) electrons. The van der Waals surface area contributed by atoms with E-state index in [0.717, 1.165) is 23.3 Å². The first-order valence-electron chi connectivity index (χ1n) is 7.51. The molecule has 0 spiro atoms. The van der Waals surface area contributed by atoms with E-state index in [2.05, 4.69) is 6.07 Å². The normalized spacial score (nSPS) is 15.9. The van der Waals surface area contributed by atoms with Gasteiger partial charge in [0.2, 0.25) is 0 Å². The molecule has 0 saturated carbocycles. The summed E-state index contributed by atoms with van der Waals surface area (Å²) in [5.41, 5.74) is 2.78. The maximum atomic E-state index is 12.3. The van der Waals surface area contributed by atoms with Crippen LogP contribution in [0.3, 0.4) is 0 Å². The van der Waals surface area contributed by atoms with E-state index in [1.807, 2.05) is 26.0 Å². The number of benzene rings is 1. The van der Waals surface area contributed by atoms with Crippen molar-refractivity contribution in [1.82, 2.24) is 0 Å². The highest BCUT2D eigenvalue weighted by Gasteiger charge is 2.15. The molecule has 0 atom stereocenters. The lowest BCUT2D eigenvalue weighted by Crippen LogP contribution is -3.11. The van der Waals surface area contributed by atoms with Crippen molar-refractivity contribution in [3.8, 4) is 0 Å². The molecule has 114 valence electrons. The lowest BCUT2D eigenvalue weighted by atomic mass is 10.1. The molecule has 1 aromatic carbocycles. The number of halogens is 1. The van der Waals surface area contributed by atoms with Gasteiger partial charge in [-0.05, 0) is 51.3 Å². The molecule has 2 heterocycles. The van der Waals surface area contributed by atoms with Gasteiger partial charge in [-0.1, -0.05) is 0 Å². The van der Waals surface area contributed by atoms with Gasteiger partial charge in [0.05, 0.1) is 18.5 Å². The van der Waals surface area contributed by atoms with Crippen molar-refractivity contribution in [2.45, 2.75) is 39.7 Å². The lowest BCUT2D eigenvalue weighted by Gasteiger charge is -2.23. The highest BCUT2D eigenvalue weighted by atomic mass is 35.5.